The maximum Gasteiger partial charge on any atom is 0.573 e. The number of nitrogens with zero attached hydrogens (tertiary/aromatic N) is 1. The lowest BCUT2D eigenvalue weighted by Gasteiger charge is -2.44. The molecule has 1 aliphatic rings. The standard InChI is InChI=1S/C17H24F3N3O2/c1-11(23-9-8-14(21)16(2,3)10-23)15(24)22-12-4-6-13(7-5-12)25-17(18,19)20/h4-7,11,14H,8-10,21H2,1-3H3,(H,22,24). The average molecular weight is 359 g/mol. The largest absolute Gasteiger partial charge is 0.573 e. The highest BCUT2D eigenvalue weighted by atomic mass is 19.4. The fourth-order valence-corrected chi connectivity index (χ4v) is 2.90. The molecule has 1 heterocycles. The molecule has 1 fully saturated rings. The molecule has 2 rings (SSSR count). The molecule has 1 aliphatic heterocycles. The van der Waals surface area contributed by atoms with E-state index in [2.05, 4.69) is 28.8 Å². The molecule has 1 saturated heterocycles. The number of piperidine rings is 1. The van der Waals surface area contributed by atoms with Crippen LogP contribution in [-0.4, -0.2) is 42.3 Å². The molecule has 3 N–H and O–H groups in total. The Balaban J connectivity index is 1.95. The van der Waals surface area contributed by atoms with E-state index in [1.165, 1.54) is 12.1 Å². The van der Waals surface area contributed by atoms with E-state index in [1.54, 1.807) is 0 Å². The normalized spacial score (nSPS) is 22.3. The summed E-state index contributed by atoms with van der Waals surface area (Å²) in [6.07, 6.45) is -3.92. The van der Waals surface area contributed by atoms with Crippen LogP contribution in [0.25, 0.3) is 0 Å². The van der Waals surface area contributed by atoms with Crippen molar-refractivity contribution in [1.29, 1.82) is 0 Å². The zero-order chi connectivity index (χ0) is 18.8. The first kappa shape index (κ1) is 19.5. The molecule has 0 bridgehead atoms. The molecule has 2 atom stereocenters. The second-order valence-electron chi connectivity index (χ2n) is 7.09. The summed E-state index contributed by atoms with van der Waals surface area (Å²) in [5.41, 5.74) is 6.45. The minimum atomic E-state index is -4.73. The number of anilines is 1. The highest BCUT2D eigenvalue weighted by molar-refractivity contribution is 5.94. The van der Waals surface area contributed by atoms with Crippen molar-refractivity contribution < 1.29 is 22.7 Å². The smallest absolute Gasteiger partial charge is 0.406 e. The molecule has 1 amide bonds. The molecule has 0 spiro atoms. The number of halogens is 3. The zero-order valence-electron chi connectivity index (χ0n) is 14.6. The van der Waals surface area contributed by atoms with Gasteiger partial charge in [-0.15, -0.1) is 13.2 Å². The van der Waals surface area contributed by atoms with Crippen molar-refractivity contribution in [3.63, 3.8) is 0 Å². The lowest BCUT2D eigenvalue weighted by Crippen LogP contribution is -2.56. The molecule has 0 radical (unpaired) electrons. The number of alkyl halides is 3. The number of carbonyl (C=O) groups excluding carboxylic acids is 1. The molecule has 2 unspecified atom stereocenters. The Labute approximate surface area is 145 Å². The molecular formula is C17H24F3N3O2. The second-order valence-corrected chi connectivity index (χ2v) is 7.09. The van der Waals surface area contributed by atoms with Crippen molar-refractivity contribution in [2.45, 2.75) is 45.6 Å². The number of ether oxygens (including phenoxy) is 1. The van der Waals surface area contributed by atoms with Crippen LogP contribution in [0.4, 0.5) is 18.9 Å². The van der Waals surface area contributed by atoms with Crippen molar-refractivity contribution in [2.75, 3.05) is 18.4 Å². The van der Waals surface area contributed by atoms with Crippen molar-refractivity contribution in [3.05, 3.63) is 24.3 Å². The summed E-state index contributed by atoms with van der Waals surface area (Å²) >= 11 is 0. The minimum absolute atomic E-state index is 0.0800. The molecule has 1 aromatic carbocycles. The molecule has 25 heavy (non-hydrogen) atoms. The summed E-state index contributed by atoms with van der Waals surface area (Å²) in [4.78, 5) is 14.5. The number of hydrogen-bond acceptors (Lipinski definition) is 4. The third kappa shape index (κ3) is 5.34. The zero-order valence-corrected chi connectivity index (χ0v) is 14.6. The van der Waals surface area contributed by atoms with Crippen LogP contribution in [0.1, 0.15) is 27.2 Å². The Bertz CT molecular complexity index is 602. The van der Waals surface area contributed by atoms with Gasteiger partial charge in [-0.2, -0.15) is 0 Å². The van der Waals surface area contributed by atoms with Gasteiger partial charge in [-0.05, 0) is 43.0 Å². The number of benzene rings is 1. The van der Waals surface area contributed by atoms with Crippen LogP contribution >= 0.6 is 0 Å². The van der Waals surface area contributed by atoms with E-state index in [1.807, 2.05) is 6.92 Å². The highest BCUT2D eigenvalue weighted by Crippen LogP contribution is 2.29. The monoisotopic (exact) mass is 359 g/mol. The van der Waals surface area contributed by atoms with Gasteiger partial charge in [-0.1, -0.05) is 13.8 Å². The van der Waals surface area contributed by atoms with E-state index in [0.29, 0.717) is 12.2 Å². The first-order valence-corrected chi connectivity index (χ1v) is 8.14. The van der Waals surface area contributed by atoms with E-state index in [0.717, 1.165) is 25.1 Å². The van der Waals surface area contributed by atoms with Crippen LogP contribution in [0.3, 0.4) is 0 Å². The van der Waals surface area contributed by atoms with Crippen LogP contribution in [0, 0.1) is 5.41 Å². The molecule has 0 aliphatic carbocycles. The van der Waals surface area contributed by atoms with Gasteiger partial charge in [-0.3, -0.25) is 9.69 Å². The Hall–Kier alpha value is -1.80. The summed E-state index contributed by atoms with van der Waals surface area (Å²) in [6, 6.07) is 4.81. The summed E-state index contributed by atoms with van der Waals surface area (Å²) in [6.45, 7) is 7.41. The van der Waals surface area contributed by atoms with Gasteiger partial charge in [0.1, 0.15) is 5.75 Å². The van der Waals surface area contributed by atoms with Crippen LogP contribution in [-0.2, 0) is 4.79 Å². The topological polar surface area (TPSA) is 67.6 Å². The molecule has 0 saturated carbocycles. The van der Waals surface area contributed by atoms with Crippen LogP contribution in [0.5, 0.6) is 5.75 Å². The number of carbonyl (C=O) groups is 1. The first-order valence-electron chi connectivity index (χ1n) is 8.14. The minimum Gasteiger partial charge on any atom is -0.406 e. The molecule has 140 valence electrons. The number of nitrogens with one attached hydrogen (secondary N) is 1. The molecule has 0 aromatic heterocycles. The summed E-state index contributed by atoms with van der Waals surface area (Å²) in [7, 11) is 0. The quantitative estimate of drug-likeness (QED) is 0.867. The van der Waals surface area contributed by atoms with Gasteiger partial charge in [0, 0.05) is 24.8 Å². The van der Waals surface area contributed by atoms with Gasteiger partial charge in [-0.25, -0.2) is 0 Å². The van der Waals surface area contributed by atoms with Crippen LogP contribution < -0.4 is 15.8 Å². The summed E-state index contributed by atoms with van der Waals surface area (Å²) in [5.74, 6) is -0.541. The van der Waals surface area contributed by atoms with Crippen molar-refractivity contribution in [1.82, 2.24) is 4.90 Å². The lowest BCUT2D eigenvalue weighted by atomic mass is 9.79. The second kappa shape index (κ2) is 7.21. The average Bonchev–Trinajstić information content (AvgIpc) is 2.49. The Morgan fingerprint density at radius 2 is 1.96 bits per heavy atom. The van der Waals surface area contributed by atoms with E-state index in [9.17, 15) is 18.0 Å². The predicted octanol–water partition coefficient (Wildman–Crippen LogP) is 2.97. The number of hydrogen-bond donors (Lipinski definition) is 2. The van der Waals surface area contributed by atoms with Gasteiger partial charge < -0.3 is 15.8 Å². The van der Waals surface area contributed by atoms with Gasteiger partial charge in [0.2, 0.25) is 5.91 Å². The first-order chi connectivity index (χ1) is 11.5. The fraction of sp³-hybridized carbons (Fsp3) is 0.588. The molecular weight excluding hydrogens is 335 g/mol. The van der Waals surface area contributed by atoms with Gasteiger partial charge in [0.15, 0.2) is 0 Å². The van der Waals surface area contributed by atoms with E-state index >= 15 is 0 Å². The Kier molecular flexibility index (Phi) is 5.63. The van der Waals surface area contributed by atoms with Crippen molar-refractivity contribution in [2.24, 2.45) is 11.1 Å². The number of nitrogens with two attached hydrogens (primary N) is 1. The number of likely N-dealkylation sites (tertiary alicyclic amines) is 1. The van der Waals surface area contributed by atoms with Gasteiger partial charge in [0.05, 0.1) is 6.04 Å². The number of rotatable bonds is 4. The Morgan fingerprint density at radius 3 is 2.48 bits per heavy atom. The molecule has 8 heteroatoms. The van der Waals surface area contributed by atoms with Gasteiger partial charge in [0.25, 0.3) is 0 Å². The molecule has 5 nitrogen and oxygen atoms in total. The fourth-order valence-electron chi connectivity index (χ4n) is 2.90. The maximum absolute atomic E-state index is 12.4. The Morgan fingerprint density at radius 1 is 1.36 bits per heavy atom. The van der Waals surface area contributed by atoms with Crippen molar-refractivity contribution in [3.8, 4) is 5.75 Å². The van der Waals surface area contributed by atoms with E-state index in [4.69, 9.17) is 5.73 Å². The van der Waals surface area contributed by atoms with E-state index < -0.39 is 6.36 Å². The molecule has 1 aromatic rings. The summed E-state index contributed by atoms with van der Waals surface area (Å²) < 4.78 is 40.2. The SMILES string of the molecule is CC(C(=O)Nc1ccc(OC(F)(F)F)cc1)N1CCC(N)C(C)(C)C1. The lowest BCUT2D eigenvalue weighted by molar-refractivity contribution is -0.274. The summed E-state index contributed by atoms with van der Waals surface area (Å²) in [5, 5.41) is 2.72. The van der Waals surface area contributed by atoms with E-state index in [-0.39, 0.29) is 29.2 Å². The third-order valence-electron chi connectivity index (χ3n) is 4.62. The van der Waals surface area contributed by atoms with Gasteiger partial charge >= 0.3 is 6.36 Å². The van der Waals surface area contributed by atoms with Crippen LogP contribution in [0.2, 0.25) is 0 Å². The predicted molar refractivity (Wildman–Crippen MR) is 89.2 cm³/mol. The third-order valence-corrected chi connectivity index (χ3v) is 4.62. The maximum atomic E-state index is 12.4. The van der Waals surface area contributed by atoms with Crippen LogP contribution in [0.15, 0.2) is 24.3 Å². The highest BCUT2D eigenvalue weighted by Gasteiger charge is 2.36. The number of amides is 1. The van der Waals surface area contributed by atoms with Crippen molar-refractivity contribution >= 4 is 11.6 Å².